The van der Waals surface area contributed by atoms with Gasteiger partial charge in [0.1, 0.15) is 5.82 Å². The number of rotatable bonds is 3. The molecule has 3 heteroatoms. The van der Waals surface area contributed by atoms with Crippen LogP contribution < -0.4 is 0 Å². The molecule has 1 aromatic rings. The Morgan fingerprint density at radius 2 is 2.23 bits per heavy atom. The Kier molecular flexibility index (Phi) is 4.33. The van der Waals surface area contributed by atoms with Gasteiger partial charge in [-0.25, -0.2) is 4.39 Å². The molecule has 0 saturated heterocycles. The second kappa shape index (κ2) is 5.30. The van der Waals surface area contributed by atoms with E-state index in [0.29, 0.717) is 5.56 Å². The molecule has 0 amide bonds. The largest absolute Gasteiger partial charge is 0.205 e. The Morgan fingerprint density at radius 3 is 2.92 bits per heavy atom. The first-order chi connectivity index (χ1) is 6.25. The van der Waals surface area contributed by atoms with E-state index in [0.717, 1.165) is 12.2 Å². The molecule has 1 rings (SSSR count). The third-order valence-electron chi connectivity index (χ3n) is 1.57. The van der Waals surface area contributed by atoms with Crippen molar-refractivity contribution in [2.75, 3.05) is 5.75 Å². The molecule has 0 atom stereocenters. The van der Waals surface area contributed by atoms with Gasteiger partial charge in [-0.15, -0.1) is 0 Å². The standard InChI is InChI=1S/C10H10ClFS/c11-10-8(4-1-2-7-13)5-3-6-9(10)12/h1,3-6,13H,2,7H2. The first-order valence-corrected chi connectivity index (χ1v) is 4.98. The normalized spacial score (nSPS) is 11.0. The average molecular weight is 217 g/mol. The topological polar surface area (TPSA) is 0 Å². The van der Waals surface area contributed by atoms with Crippen LogP contribution in [-0.4, -0.2) is 5.75 Å². The minimum Gasteiger partial charge on any atom is -0.205 e. The van der Waals surface area contributed by atoms with Crippen LogP contribution in [0.1, 0.15) is 12.0 Å². The quantitative estimate of drug-likeness (QED) is 0.730. The molecule has 0 radical (unpaired) electrons. The van der Waals surface area contributed by atoms with E-state index in [1.165, 1.54) is 6.07 Å². The molecule has 0 aromatic heterocycles. The molecule has 0 spiro atoms. The molecule has 0 aliphatic rings. The van der Waals surface area contributed by atoms with Crippen LogP contribution in [0.25, 0.3) is 6.08 Å². The lowest BCUT2D eigenvalue weighted by molar-refractivity contribution is 0.628. The van der Waals surface area contributed by atoms with Gasteiger partial charge in [0.05, 0.1) is 5.02 Å². The molecule has 0 nitrogen and oxygen atoms in total. The Balaban J connectivity index is 2.83. The molecule has 0 bridgehead atoms. The third kappa shape index (κ3) is 3.05. The molecule has 0 aliphatic heterocycles. The van der Waals surface area contributed by atoms with Crippen molar-refractivity contribution in [1.29, 1.82) is 0 Å². The summed E-state index contributed by atoms with van der Waals surface area (Å²) >= 11 is 9.78. The van der Waals surface area contributed by atoms with E-state index in [4.69, 9.17) is 11.6 Å². The van der Waals surface area contributed by atoms with E-state index >= 15 is 0 Å². The lowest BCUT2D eigenvalue weighted by atomic mass is 10.2. The zero-order valence-electron chi connectivity index (χ0n) is 7.00. The maximum absolute atomic E-state index is 12.9. The summed E-state index contributed by atoms with van der Waals surface area (Å²) in [6.45, 7) is 0. The first-order valence-electron chi connectivity index (χ1n) is 3.97. The van der Waals surface area contributed by atoms with Gasteiger partial charge in [0.25, 0.3) is 0 Å². The van der Waals surface area contributed by atoms with Crippen LogP contribution in [0.15, 0.2) is 24.3 Å². The summed E-state index contributed by atoms with van der Waals surface area (Å²) in [5, 5.41) is 0.179. The van der Waals surface area contributed by atoms with Crippen LogP contribution >= 0.6 is 24.2 Å². The third-order valence-corrected chi connectivity index (χ3v) is 2.23. The highest BCUT2D eigenvalue weighted by Crippen LogP contribution is 2.20. The van der Waals surface area contributed by atoms with Crippen molar-refractivity contribution in [2.45, 2.75) is 6.42 Å². The van der Waals surface area contributed by atoms with Gasteiger partial charge in [0.2, 0.25) is 0 Å². The Morgan fingerprint density at radius 1 is 1.46 bits per heavy atom. The molecule has 0 N–H and O–H groups in total. The SMILES string of the molecule is Fc1cccc(C=CCCS)c1Cl. The van der Waals surface area contributed by atoms with Crippen LogP contribution in [0.2, 0.25) is 5.02 Å². The molecule has 13 heavy (non-hydrogen) atoms. The summed E-state index contributed by atoms with van der Waals surface area (Å²) in [6.07, 6.45) is 4.59. The summed E-state index contributed by atoms with van der Waals surface area (Å²) in [7, 11) is 0. The summed E-state index contributed by atoms with van der Waals surface area (Å²) in [6, 6.07) is 4.76. The number of allylic oxidation sites excluding steroid dienone is 1. The van der Waals surface area contributed by atoms with Gasteiger partial charge in [0, 0.05) is 0 Å². The predicted molar refractivity (Wildman–Crippen MR) is 58.9 cm³/mol. The van der Waals surface area contributed by atoms with Crippen molar-refractivity contribution in [1.82, 2.24) is 0 Å². The zero-order chi connectivity index (χ0) is 9.68. The second-order valence-electron chi connectivity index (χ2n) is 2.56. The van der Waals surface area contributed by atoms with Crippen molar-refractivity contribution in [3.8, 4) is 0 Å². The van der Waals surface area contributed by atoms with Gasteiger partial charge in [-0.3, -0.25) is 0 Å². The second-order valence-corrected chi connectivity index (χ2v) is 3.38. The molecule has 0 heterocycles. The van der Waals surface area contributed by atoms with Gasteiger partial charge in [-0.05, 0) is 23.8 Å². The highest BCUT2D eigenvalue weighted by atomic mass is 35.5. The van der Waals surface area contributed by atoms with Crippen LogP contribution in [0, 0.1) is 5.82 Å². The smallest absolute Gasteiger partial charge is 0.142 e. The van der Waals surface area contributed by atoms with Gasteiger partial charge in [0.15, 0.2) is 0 Å². The summed E-state index contributed by atoms with van der Waals surface area (Å²) in [4.78, 5) is 0. The van der Waals surface area contributed by atoms with Crippen molar-refractivity contribution in [2.24, 2.45) is 0 Å². The molecular weight excluding hydrogens is 207 g/mol. The maximum atomic E-state index is 12.9. The molecule has 0 unspecified atom stereocenters. The number of hydrogen-bond acceptors (Lipinski definition) is 1. The minimum absolute atomic E-state index is 0.179. The summed E-state index contributed by atoms with van der Waals surface area (Å²) in [5.74, 6) is 0.401. The molecule has 0 aliphatic carbocycles. The van der Waals surface area contributed by atoms with Crippen molar-refractivity contribution >= 4 is 30.3 Å². The van der Waals surface area contributed by atoms with Gasteiger partial charge >= 0.3 is 0 Å². The lowest BCUT2D eigenvalue weighted by Crippen LogP contribution is -1.80. The molecule has 1 aromatic carbocycles. The average Bonchev–Trinajstić information content (AvgIpc) is 2.13. The van der Waals surface area contributed by atoms with Gasteiger partial charge < -0.3 is 0 Å². The summed E-state index contributed by atoms with van der Waals surface area (Å²) in [5.41, 5.74) is 0.712. The highest BCUT2D eigenvalue weighted by molar-refractivity contribution is 7.80. The maximum Gasteiger partial charge on any atom is 0.142 e. The monoisotopic (exact) mass is 216 g/mol. The fourth-order valence-corrected chi connectivity index (χ4v) is 1.27. The van der Waals surface area contributed by atoms with E-state index < -0.39 is 0 Å². The van der Waals surface area contributed by atoms with Crippen LogP contribution in [0.5, 0.6) is 0 Å². The van der Waals surface area contributed by atoms with Crippen molar-refractivity contribution < 1.29 is 4.39 Å². The van der Waals surface area contributed by atoms with E-state index in [2.05, 4.69) is 12.6 Å². The number of hydrogen-bond donors (Lipinski definition) is 1. The fraction of sp³-hybridized carbons (Fsp3) is 0.200. The van der Waals surface area contributed by atoms with Crippen LogP contribution in [-0.2, 0) is 0 Å². The summed E-state index contributed by atoms with van der Waals surface area (Å²) < 4.78 is 12.9. The van der Waals surface area contributed by atoms with Crippen LogP contribution in [0.3, 0.4) is 0 Å². The van der Waals surface area contributed by atoms with E-state index in [1.54, 1.807) is 12.1 Å². The molecular formula is C10H10ClFS. The highest BCUT2D eigenvalue weighted by Gasteiger charge is 2.01. The minimum atomic E-state index is -0.380. The molecule has 0 fully saturated rings. The van der Waals surface area contributed by atoms with Gasteiger partial charge in [-0.2, -0.15) is 12.6 Å². The van der Waals surface area contributed by atoms with E-state index in [-0.39, 0.29) is 10.8 Å². The first kappa shape index (κ1) is 10.6. The molecule has 0 saturated carbocycles. The Hall–Kier alpha value is -0.470. The van der Waals surface area contributed by atoms with E-state index in [9.17, 15) is 4.39 Å². The fourth-order valence-electron chi connectivity index (χ4n) is 0.934. The Labute approximate surface area is 87.8 Å². The number of benzene rings is 1. The van der Waals surface area contributed by atoms with Gasteiger partial charge in [-0.1, -0.05) is 35.9 Å². The predicted octanol–water partition coefficient (Wildman–Crippen LogP) is 3.81. The van der Waals surface area contributed by atoms with E-state index in [1.807, 2.05) is 12.2 Å². The van der Waals surface area contributed by atoms with Crippen molar-refractivity contribution in [3.05, 3.63) is 40.7 Å². The number of thiol groups is 1. The lowest BCUT2D eigenvalue weighted by Gasteiger charge is -1.98. The van der Waals surface area contributed by atoms with Crippen LogP contribution in [0.4, 0.5) is 4.39 Å². The molecule has 70 valence electrons. The van der Waals surface area contributed by atoms with Crippen molar-refractivity contribution in [3.63, 3.8) is 0 Å². The zero-order valence-corrected chi connectivity index (χ0v) is 8.65. The Bertz CT molecular complexity index is 310. The number of halogens is 2.